The highest BCUT2D eigenvalue weighted by Gasteiger charge is 2.36. The standard InChI is InChI=1S/C19H13F3N2O2S/c20-19(21,22)12-5-7-13(8-6-12)24-16(26)10-27-18(24)14-9-4-11-2-1-3-15(25)17(11)23-14/h1-9,18,25H,10H2. The van der Waals surface area contributed by atoms with Crippen molar-refractivity contribution in [1.29, 1.82) is 0 Å². The number of aromatic nitrogens is 1. The number of thioether (sulfide) groups is 1. The monoisotopic (exact) mass is 390 g/mol. The fourth-order valence-corrected chi connectivity index (χ4v) is 4.15. The van der Waals surface area contributed by atoms with E-state index >= 15 is 0 Å². The molecule has 4 nitrogen and oxygen atoms in total. The summed E-state index contributed by atoms with van der Waals surface area (Å²) in [6, 6.07) is 13.1. The minimum atomic E-state index is -4.43. The van der Waals surface area contributed by atoms with Crippen molar-refractivity contribution in [2.75, 3.05) is 10.7 Å². The first-order valence-electron chi connectivity index (χ1n) is 8.04. The van der Waals surface area contributed by atoms with Crippen molar-refractivity contribution >= 4 is 34.3 Å². The van der Waals surface area contributed by atoms with E-state index in [9.17, 15) is 23.1 Å². The number of aromatic hydroxyl groups is 1. The van der Waals surface area contributed by atoms with Crippen LogP contribution in [-0.4, -0.2) is 21.8 Å². The fourth-order valence-electron chi connectivity index (χ4n) is 3.02. The number of phenols is 1. The highest BCUT2D eigenvalue weighted by molar-refractivity contribution is 8.00. The summed E-state index contributed by atoms with van der Waals surface area (Å²) in [4.78, 5) is 18.3. The van der Waals surface area contributed by atoms with Gasteiger partial charge in [-0.25, -0.2) is 4.98 Å². The lowest BCUT2D eigenvalue weighted by Gasteiger charge is -2.24. The van der Waals surface area contributed by atoms with Crippen LogP contribution >= 0.6 is 11.8 Å². The first kappa shape index (κ1) is 17.7. The van der Waals surface area contributed by atoms with Crippen LogP contribution in [0.5, 0.6) is 5.75 Å². The van der Waals surface area contributed by atoms with Crippen LogP contribution in [-0.2, 0) is 11.0 Å². The molecule has 2 heterocycles. The third kappa shape index (κ3) is 3.21. The summed E-state index contributed by atoms with van der Waals surface area (Å²) in [6.45, 7) is 0. The van der Waals surface area contributed by atoms with E-state index in [0.717, 1.165) is 17.5 Å². The lowest BCUT2D eigenvalue weighted by atomic mass is 10.1. The Balaban J connectivity index is 1.72. The van der Waals surface area contributed by atoms with E-state index in [0.29, 0.717) is 16.9 Å². The lowest BCUT2D eigenvalue weighted by molar-refractivity contribution is -0.137. The number of fused-ring (bicyclic) bond motifs is 1. The summed E-state index contributed by atoms with van der Waals surface area (Å²) < 4.78 is 38.3. The molecule has 0 saturated carbocycles. The number of carbonyl (C=O) groups excluding carboxylic acids is 1. The van der Waals surface area contributed by atoms with Crippen molar-refractivity contribution in [1.82, 2.24) is 4.98 Å². The zero-order valence-corrected chi connectivity index (χ0v) is 14.6. The van der Waals surface area contributed by atoms with Crippen LogP contribution in [0.25, 0.3) is 10.9 Å². The lowest BCUT2D eigenvalue weighted by Crippen LogP contribution is -2.28. The molecule has 1 amide bonds. The molecule has 4 rings (SSSR count). The Morgan fingerprint density at radius 1 is 1.07 bits per heavy atom. The molecule has 2 aromatic carbocycles. The summed E-state index contributed by atoms with van der Waals surface area (Å²) in [7, 11) is 0. The number of rotatable bonds is 2. The van der Waals surface area contributed by atoms with Crippen molar-refractivity contribution in [2.24, 2.45) is 0 Å². The van der Waals surface area contributed by atoms with E-state index in [-0.39, 0.29) is 17.4 Å². The molecular formula is C19H13F3N2O2S. The van der Waals surface area contributed by atoms with Crippen molar-refractivity contribution < 1.29 is 23.1 Å². The topological polar surface area (TPSA) is 53.4 Å². The molecule has 27 heavy (non-hydrogen) atoms. The van der Waals surface area contributed by atoms with E-state index < -0.39 is 17.1 Å². The first-order valence-corrected chi connectivity index (χ1v) is 9.09. The second kappa shape index (κ2) is 6.45. The van der Waals surface area contributed by atoms with Gasteiger partial charge in [-0.3, -0.25) is 9.69 Å². The number of para-hydroxylation sites is 1. The van der Waals surface area contributed by atoms with E-state index in [4.69, 9.17) is 0 Å². The van der Waals surface area contributed by atoms with Crippen LogP contribution in [0.2, 0.25) is 0 Å². The molecule has 138 valence electrons. The van der Waals surface area contributed by atoms with Gasteiger partial charge < -0.3 is 5.11 Å². The van der Waals surface area contributed by atoms with Crippen LogP contribution in [0.15, 0.2) is 54.6 Å². The van der Waals surface area contributed by atoms with Gasteiger partial charge in [0.05, 0.1) is 17.0 Å². The number of amides is 1. The van der Waals surface area contributed by atoms with E-state index in [1.807, 2.05) is 6.07 Å². The van der Waals surface area contributed by atoms with Gasteiger partial charge in [0.25, 0.3) is 0 Å². The predicted octanol–water partition coefficient (Wildman–Crippen LogP) is 4.74. The van der Waals surface area contributed by atoms with Crippen molar-refractivity contribution in [2.45, 2.75) is 11.6 Å². The summed E-state index contributed by atoms with van der Waals surface area (Å²) in [5.41, 5.74) is 0.583. The van der Waals surface area contributed by atoms with Gasteiger partial charge in [-0.1, -0.05) is 18.2 Å². The van der Waals surface area contributed by atoms with Gasteiger partial charge in [-0.2, -0.15) is 13.2 Å². The van der Waals surface area contributed by atoms with E-state index in [2.05, 4.69) is 4.98 Å². The van der Waals surface area contributed by atoms with Crippen LogP contribution in [0.3, 0.4) is 0 Å². The van der Waals surface area contributed by atoms with Gasteiger partial charge in [0.1, 0.15) is 16.6 Å². The van der Waals surface area contributed by atoms with E-state index in [1.165, 1.54) is 34.9 Å². The Morgan fingerprint density at radius 2 is 1.81 bits per heavy atom. The number of hydrogen-bond acceptors (Lipinski definition) is 4. The van der Waals surface area contributed by atoms with Crippen molar-refractivity contribution in [3.63, 3.8) is 0 Å². The maximum absolute atomic E-state index is 12.8. The van der Waals surface area contributed by atoms with Crippen LogP contribution in [0.4, 0.5) is 18.9 Å². The zero-order valence-electron chi connectivity index (χ0n) is 13.8. The number of carbonyl (C=O) groups is 1. The van der Waals surface area contributed by atoms with E-state index in [1.54, 1.807) is 18.2 Å². The smallest absolute Gasteiger partial charge is 0.416 e. The average Bonchev–Trinajstić information content (AvgIpc) is 3.03. The molecule has 1 N–H and O–H groups in total. The van der Waals surface area contributed by atoms with Crippen LogP contribution in [0.1, 0.15) is 16.6 Å². The number of anilines is 1. The van der Waals surface area contributed by atoms with Crippen molar-refractivity contribution in [3.8, 4) is 5.75 Å². The number of benzene rings is 2. The van der Waals surface area contributed by atoms with Gasteiger partial charge in [-0.15, -0.1) is 11.8 Å². The number of nitrogens with zero attached hydrogens (tertiary/aromatic N) is 2. The molecule has 0 radical (unpaired) electrons. The molecule has 1 aliphatic heterocycles. The second-order valence-electron chi connectivity index (χ2n) is 6.06. The molecule has 0 aliphatic carbocycles. The molecule has 1 fully saturated rings. The SMILES string of the molecule is O=C1CSC(c2ccc3cccc(O)c3n2)N1c1ccc(C(F)(F)F)cc1. The molecule has 1 unspecified atom stereocenters. The maximum Gasteiger partial charge on any atom is 0.416 e. The normalized spacial score (nSPS) is 17.7. The van der Waals surface area contributed by atoms with Crippen LogP contribution < -0.4 is 4.90 Å². The molecule has 1 atom stereocenters. The minimum Gasteiger partial charge on any atom is -0.506 e. The minimum absolute atomic E-state index is 0.0322. The maximum atomic E-state index is 12.8. The Labute approximate surface area is 156 Å². The molecule has 0 bridgehead atoms. The molecule has 0 spiro atoms. The summed E-state index contributed by atoms with van der Waals surface area (Å²) >= 11 is 1.34. The summed E-state index contributed by atoms with van der Waals surface area (Å²) in [5, 5.41) is 10.3. The number of hydrogen-bond donors (Lipinski definition) is 1. The van der Waals surface area contributed by atoms with Gasteiger partial charge >= 0.3 is 6.18 Å². The fraction of sp³-hybridized carbons (Fsp3) is 0.158. The first-order chi connectivity index (χ1) is 12.8. The number of alkyl halides is 3. The molecule has 1 aromatic heterocycles. The van der Waals surface area contributed by atoms with Gasteiger partial charge in [-0.05, 0) is 36.4 Å². The largest absolute Gasteiger partial charge is 0.506 e. The molecule has 3 aromatic rings. The Morgan fingerprint density at radius 3 is 2.52 bits per heavy atom. The zero-order chi connectivity index (χ0) is 19.2. The highest BCUT2D eigenvalue weighted by atomic mass is 32.2. The summed E-state index contributed by atoms with van der Waals surface area (Å²) in [6.07, 6.45) is -4.43. The third-order valence-electron chi connectivity index (χ3n) is 4.31. The van der Waals surface area contributed by atoms with Crippen molar-refractivity contribution in [3.05, 3.63) is 65.9 Å². The van der Waals surface area contributed by atoms with Gasteiger partial charge in [0, 0.05) is 11.1 Å². The third-order valence-corrected chi connectivity index (χ3v) is 5.50. The van der Waals surface area contributed by atoms with Gasteiger partial charge in [0.15, 0.2) is 0 Å². The molecular weight excluding hydrogens is 377 g/mol. The molecule has 1 saturated heterocycles. The number of pyridine rings is 1. The Bertz CT molecular complexity index is 1020. The Kier molecular flexibility index (Phi) is 4.22. The van der Waals surface area contributed by atoms with Crippen LogP contribution in [0, 0.1) is 0 Å². The predicted molar refractivity (Wildman–Crippen MR) is 97.5 cm³/mol. The second-order valence-corrected chi connectivity index (χ2v) is 7.13. The Hall–Kier alpha value is -2.74. The molecule has 1 aliphatic rings. The number of halogens is 3. The average molecular weight is 390 g/mol. The quantitative estimate of drug-likeness (QED) is 0.687. The summed E-state index contributed by atoms with van der Waals surface area (Å²) in [5.74, 6) is 0.0281. The number of phenolic OH excluding ortho intramolecular Hbond substituents is 1. The molecule has 8 heteroatoms. The van der Waals surface area contributed by atoms with Gasteiger partial charge in [0.2, 0.25) is 5.91 Å². The highest BCUT2D eigenvalue weighted by Crippen LogP contribution is 2.42.